The highest BCUT2D eigenvalue weighted by Crippen LogP contribution is 2.41. The molecular formula is C25H22ClNO4S. The summed E-state index contributed by atoms with van der Waals surface area (Å²) in [6.07, 6.45) is 0.196. The van der Waals surface area contributed by atoms with E-state index in [1.807, 2.05) is 12.1 Å². The molecule has 0 aliphatic carbocycles. The molecular weight excluding hydrogens is 446 g/mol. The molecule has 0 spiro atoms. The second kappa shape index (κ2) is 8.82. The first-order valence-corrected chi connectivity index (χ1v) is 10.8. The number of carbonyl (C=O) groups excluding carboxylic acids is 1. The lowest BCUT2D eigenvalue weighted by Crippen LogP contribution is -2.51. The number of rotatable bonds is 5. The van der Waals surface area contributed by atoms with Gasteiger partial charge in [-0.25, -0.2) is 0 Å². The second-order valence-corrected chi connectivity index (χ2v) is 8.90. The second-order valence-electron chi connectivity index (χ2n) is 7.85. The number of phenolic OH excluding ortho intramolecular Hbond substituents is 2. The Morgan fingerprint density at radius 2 is 1.62 bits per heavy atom. The van der Waals surface area contributed by atoms with Gasteiger partial charge in [0, 0.05) is 39.2 Å². The standard InChI is InChI=1S/C25H21NO4S.ClH/c1-26-13-20(14-26)30-19-9-4-15(5-10-19)24(29)23-21-11-8-18(28)12-22(21)31-25(23)16-2-6-17(27)7-3-16;/h2-12,20,27-28H,13-14H2,1H3;1H. The van der Waals surface area contributed by atoms with Crippen molar-refractivity contribution < 1.29 is 19.7 Å². The van der Waals surface area contributed by atoms with Crippen LogP contribution in [0.1, 0.15) is 15.9 Å². The number of ketones is 1. The number of fused-ring (bicyclic) bond motifs is 1. The first-order chi connectivity index (χ1) is 15.0. The summed E-state index contributed by atoms with van der Waals surface area (Å²) in [6.45, 7) is 1.81. The van der Waals surface area contributed by atoms with Gasteiger partial charge in [-0.15, -0.1) is 23.7 Å². The van der Waals surface area contributed by atoms with Gasteiger partial charge < -0.3 is 14.9 Å². The van der Waals surface area contributed by atoms with E-state index in [2.05, 4.69) is 11.9 Å². The predicted molar refractivity (Wildman–Crippen MR) is 130 cm³/mol. The van der Waals surface area contributed by atoms with Crippen LogP contribution in [0.2, 0.25) is 0 Å². The molecule has 1 aromatic heterocycles. The monoisotopic (exact) mass is 467 g/mol. The van der Waals surface area contributed by atoms with Crippen molar-refractivity contribution >= 4 is 39.6 Å². The molecule has 0 saturated carbocycles. The van der Waals surface area contributed by atoms with Crippen LogP contribution in [0.4, 0.5) is 0 Å². The Kier molecular flexibility index (Phi) is 6.11. The summed E-state index contributed by atoms with van der Waals surface area (Å²) in [5.41, 5.74) is 2.02. The average Bonchev–Trinajstić information content (AvgIpc) is 3.11. The van der Waals surface area contributed by atoms with Crippen molar-refractivity contribution in [1.82, 2.24) is 4.90 Å². The van der Waals surface area contributed by atoms with Crippen LogP contribution in [-0.2, 0) is 0 Å². The number of benzene rings is 3. The van der Waals surface area contributed by atoms with E-state index in [4.69, 9.17) is 4.74 Å². The van der Waals surface area contributed by atoms with Gasteiger partial charge in [-0.05, 0) is 79.3 Å². The minimum atomic E-state index is -0.0880. The third-order valence-electron chi connectivity index (χ3n) is 5.48. The van der Waals surface area contributed by atoms with E-state index < -0.39 is 0 Å². The Bertz CT molecular complexity index is 1260. The van der Waals surface area contributed by atoms with E-state index in [-0.39, 0.29) is 35.8 Å². The fourth-order valence-electron chi connectivity index (χ4n) is 3.86. The van der Waals surface area contributed by atoms with Crippen molar-refractivity contribution in [1.29, 1.82) is 0 Å². The topological polar surface area (TPSA) is 70.0 Å². The molecule has 0 amide bonds. The summed E-state index contributed by atoms with van der Waals surface area (Å²) in [4.78, 5) is 16.6. The molecule has 5 rings (SSSR count). The summed E-state index contributed by atoms with van der Waals surface area (Å²) in [5, 5.41) is 20.4. The van der Waals surface area contributed by atoms with Crippen molar-refractivity contribution in [2.45, 2.75) is 6.10 Å². The lowest BCUT2D eigenvalue weighted by atomic mass is 9.97. The van der Waals surface area contributed by atoms with Gasteiger partial charge in [-0.2, -0.15) is 0 Å². The largest absolute Gasteiger partial charge is 0.508 e. The Hall–Kier alpha value is -3.06. The number of carbonyl (C=O) groups is 1. The normalized spacial score (nSPS) is 14.0. The molecule has 4 aromatic rings. The highest BCUT2D eigenvalue weighted by atomic mass is 35.5. The quantitative estimate of drug-likeness (QED) is 0.388. The maximum atomic E-state index is 13.6. The van der Waals surface area contributed by atoms with Crippen LogP contribution in [0.15, 0.2) is 66.7 Å². The summed E-state index contributed by atoms with van der Waals surface area (Å²) < 4.78 is 6.77. The maximum absolute atomic E-state index is 13.6. The number of halogens is 1. The predicted octanol–water partition coefficient (Wildman–Crippen LogP) is 5.33. The third kappa shape index (κ3) is 4.17. The lowest BCUT2D eigenvalue weighted by molar-refractivity contribution is 0.0388. The molecule has 1 saturated heterocycles. The van der Waals surface area contributed by atoms with E-state index >= 15 is 0 Å². The van der Waals surface area contributed by atoms with Gasteiger partial charge in [0.05, 0.1) is 0 Å². The smallest absolute Gasteiger partial charge is 0.195 e. The zero-order chi connectivity index (χ0) is 21.5. The number of aromatic hydroxyl groups is 2. The van der Waals surface area contributed by atoms with Gasteiger partial charge in [0.15, 0.2) is 5.78 Å². The van der Waals surface area contributed by atoms with Gasteiger partial charge in [-0.3, -0.25) is 9.69 Å². The number of hydrogen-bond acceptors (Lipinski definition) is 6. The van der Waals surface area contributed by atoms with Crippen LogP contribution < -0.4 is 4.74 Å². The minimum absolute atomic E-state index is 0. The summed E-state index contributed by atoms with van der Waals surface area (Å²) in [5.74, 6) is 1.00. The van der Waals surface area contributed by atoms with Gasteiger partial charge in [0.25, 0.3) is 0 Å². The van der Waals surface area contributed by atoms with Crippen LogP contribution in [0, 0.1) is 0 Å². The number of phenols is 2. The molecule has 5 nitrogen and oxygen atoms in total. The summed E-state index contributed by atoms with van der Waals surface area (Å²) in [6, 6.07) is 19.1. The maximum Gasteiger partial charge on any atom is 0.195 e. The molecule has 1 aliphatic rings. The molecule has 0 atom stereocenters. The van der Waals surface area contributed by atoms with Crippen LogP contribution in [0.25, 0.3) is 20.5 Å². The highest BCUT2D eigenvalue weighted by molar-refractivity contribution is 7.22. The molecule has 2 N–H and O–H groups in total. The van der Waals surface area contributed by atoms with Crippen molar-refractivity contribution in [3.8, 4) is 27.7 Å². The Morgan fingerprint density at radius 1 is 0.969 bits per heavy atom. The van der Waals surface area contributed by atoms with E-state index in [1.54, 1.807) is 54.6 Å². The van der Waals surface area contributed by atoms with Gasteiger partial charge in [-0.1, -0.05) is 0 Å². The van der Waals surface area contributed by atoms with Crippen LogP contribution in [-0.4, -0.2) is 47.1 Å². The molecule has 1 fully saturated rings. The van der Waals surface area contributed by atoms with Crippen LogP contribution in [0.5, 0.6) is 17.2 Å². The van der Waals surface area contributed by atoms with Crippen molar-refractivity contribution in [3.05, 3.63) is 77.9 Å². The van der Waals surface area contributed by atoms with Gasteiger partial charge >= 0.3 is 0 Å². The summed E-state index contributed by atoms with van der Waals surface area (Å²) >= 11 is 1.45. The molecule has 0 unspecified atom stereocenters. The zero-order valence-electron chi connectivity index (χ0n) is 17.3. The Labute approximate surface area is 195 Å². The van der Waals surface area contributed by atoms with E-state index in [0.717, 1.165) is 39.4 Å². The van der Waals surface area contributed by atoms with Crippen molar-refractivity contribution in [2.24, 2.45) is 0 Å². The molecule has 164 valence electrons. The minimum Gasteiger partial charge on any atom is -0.508 e. The van der Waals surface area contributed by atoms with Crippen LogP contribution in [0.3, 0.4) is 0 Å². The number of ether oxygens (including phenoxy) is 1. The highest BCUT2D eigenvalue weighted by Gasteiger charge is 2.25. The average molecular weight is 468 g/mol. The molecule has 0 radical (unpaired) electrons. The van der Waals surface area contributed by atoms with Gasteiger partial charge in [0.1, 0.15) is 23.4 Å². The SMILES string of the molecule is CN1CC(Oc2ccc(C(=O)c3c(-c4ccc(O)cc4)sc4cc(O)ccc34)cc2)C1.Cl. The number of likely N-dealkylation sites (tertiary alicyclic amines) is 1. The van der Waals surface area contributed by atoms with E-state index in [1.165, 1.54) is 11.3 Å². The van der Waals surface area contributed by atoms with Crippen molar-refractivity contribution in [2.75, 3.05) is 20.1 Å². The van der Waals surface area contributed by atoms with E-state index in [0.29, 0.717) is 11.1 Å². The van der Waals surface area contributed by atoms with E-state index in [9.17, 15) is 15.0 Å². The number of thiophene rings is 1. The first-order valence-electron chi connectivity index (χ1n) is 10.0. The Morgan fingerprint density at radius 3 is 2.28 bits per heavy atom. The molecule has 3 aromatic carbocycles. The first kappa shape index (κ1) is 22.1. The fraction of sp³-hybridized carbons (Fsp3) is 0.160. The third-order valence-corrected chi connectivity index (χ3v) is 6.68. The lowest BCUT2D eigenvalue weighted by Gasteiger charge is -2.35. The number of nitrogens with zero attached hydrogens (tertiary/aromatic N) is 1. The number of hydrogen-bond donors (Lipinski definition) is 2. The van der Waals surface area contributed by atoms with Crippen LogP contribution >= 0.6 is 23.7 Å². The zero-order valence-corrected chi connectivity index (χ0v) is 19.0. The number of likely N-dealkylation sites (N-methyl/N-ethyl adjacent to an activating group) is 1. The molecule has 32 heavy (non-hydrogen) atoms. The molecule has 1 aliphatic heterocycles. The van der Waals surface area contributed by atoms with Gasteiger partial charge in [0.2, 0.25) is 0 Å². The fourth-order valence-corrected chi connectivity index (χ4v) is 5.10. The van der Waals surface area contributed by atoms with Crippen molar-refractivity contribution in [3.63, 3.8) is 0 Å². The summed E-state index contributed by atoms with van der Waals surface area (Å²) in [7, 11) is 2.05. The molecule has 7 heteroatoms. The molecule has 2 heterocycles. The Balaban J connectivity index is 0.00000245. The molecule has 0 bridgehead atoms.